The number of carbonyl (C=O) groups excluding carboxylic acids is 1. The highest BCUT2D eigenvalue weighted by molar-refractivity contribution is 14.1. The fraction of sp³-hybridized carbons (Fsp3) is 0.250. The molecule has 0 atom stereocenters. The first-order valence-electron chi connectivity index (χ1n) is 5.74. The van der Waals surface area contributed by atoms with Crippen molar-refractivity contribution in [2.75, 3.05) is 6.54 Å². The van der Waals surface area contributed by atoms with E-state index in [1.807, 2.05) is 6.07 Å². The Kier molecular flexibility index (Phi) is 5.15. The van der Waals surface area contributed by atoms with Crippen LogP contribution < -0.4 is 5.32 Å². The maximum atomic E-state index is 11.9. The molecule has 1 aromatic carbocycles. The highest BCUT2D eigenvalue weighted by atomic mass is 127. The molecule has 1 heterocycles. The van der Waals surface area contributed by atoms with Crippen LogP contribution in [0.1, 0.15) is 16.8 Å². The molecule has 0 saturated carbocycles. The fourth-order valence-electron chi connectivity index (χ4n) is 1.53. The summed E-state index contributed by atoms with van der Waals surface area (Å²) in [7, 11) is 0. The van der Waals surface area contributed by atoms with Gasteiger partial charge in [0.2, 0.25) is 0 Å². The quantitative estimate of drug-likeness (QED) is 0.630. The second-order valence-electron chi connectivity index (χ2n) is 3.90. The predicted molar refractivity (Wildman–Crippen MR) is 81.1 cm³/mol. The van der Waals surface area contributed by atoms with E-state index in [1.165, 1.54) is 0 Å². The van der Waals surface area contributed by atoms with E-state index in [2.05, 4.69) is 38.2 Å². The average molecular weight is 391 g/mol. The van der Waals surface area contributed by atoms with Crippen LogP contribution in [-0.4, -0.2) is 27.4 Å². The maximum absolute atomic E-state index is 11.9. The Labute approximate surface area is 129 Å². The lowest BCUT2D eigenvalue weighted by molar-refractivity contribution is 0.0952. The van der Waals surface area contributed by atoms with Crippen molar-refractivity contribution in [3.8, 4) is 0 Å². The third-order valence-electron chi connectivity index (χ3n) is 2.50. The zero-order chi connectivity index (χ0) is 13.7. The lowest BCUT2D eigenvalue weighted by Gasteiger charge is -2.06. The molecule has 1 amide bonds. The number of nitrogens with zero attached hydrogens (tertiary/aromatic N) is 3. The van der Waals surface area contributed by atoms with E-state index in [0.29, 0.717) is 17.1 Å². The van der Waals surface area contributed by atoms with Gasteiger partial charge in [-0.05, 0) is 47.2 Å². The van der Waals surface area contributed by atoms with Crippen molar-refractivity contribution < 1.29 is 4.79 Å². The van der Waals surface area contributed by atoms with E-state index in [9.17, 15) is 4.79 Å². The molecule has 0 unspecified atom stereocenters. The highest BCUT2D eigenvalue weighted by Gasteiger charge is 2.07. The summed E-state index contributed by atoms with van der Waals surface area (Å²) in [5.74, 6) is -0.114. The second kappa shape index (κ2) is 6.85. The zero-order valence-corrected chi connectivity index (χ0v) is 12.9. The number of halogens is 2. The second-order valence-corrected chi connectivity index (χ2v) is 5.47. The average Bonchev–Trinajstić information content (AvgIpc) is 2.91. The molecule has 0 radical (unpaired) electrons. The third-order valence-corrected chi connectivity index (χ3v) is 4.08. The summed E-state index contributed by atoms with van der Waals surface area (Å²) >= 11 is 8.11. The van der Waals surface area contributed by atoms with Gasteiger partial charge in [-0.1, -0.05) is 16.8 Å². The summed E-state index contributed by atoms with van der Waals surface area (Å²) in [5, 5.41) is 11.0. The van der Waals surface area contributed by atoms with Gasteiger partial charge in [-0.15, -0.1) is 5.10 Å². The van der Waals surface area contributed by atoms with E-state index in [1.54, 1.807) is 29.2 Å². The number of amides is 1. The van der Waals surface area contributed by atoms with Gasteiger partial charge in [0, 0.05) is 28.4 Å². The molecule has 7 heteroatoms. The van der Waals surface area contributed by atoms with E-state index >= 15 is 0 Å². The molecule has 100 valence electrons. The van der Waals surface area contributed by atoms with Gasteiger partial charge >= 0.3 is 0 Å². The molecular formula is C12H12ClIN4O. The molecule has 2 aromatic rings. The molecule has 0 bridgehead atoms. The van der Waals surface area contributed by atoms with Crippen LogP contribution in [-0.2, 0) is 6.54 Å². The van der Waals surface area contributed by atoms with Gasteiger partial charge in [0.15, 0.2) is 0 Å². The molecule has 0 saturated heterocycles. The topological polar surface area (TPSA) is 59.8 Å². The first-order chi connectivity index (χ1) is 9.16. The summed E-state index contributed by atoms with van der Waals surface area (Å²) in [6.07, 6.45) is 4.22. The summed E-state index contributed by atoms with van der Waals surface area (Å²) in [6, 6.07) is 5.27. The van der Waals surface area contributed by atoms with Crippen molar-refractivity contribution in [2.45, 2.75) is 13.0 Å². The van der Waals surface area contributed by atoms with Crippen LogP contribution in [0.25, 0.3) is 0 Å². The first-order valence-corrected chi connectivity index (χ1v) is 7.20. The van der Waals surface area contributed by atoms with Gasteiger partial charge in [-0.2, -0.15) is 0 Å². The van der Waals surface area contributed by atoms with Crippen molar-refractivity contribution in [3.05, 3.63) is 44.7 Å². The minimum atomic E-state index is -0.114. The molecule has 1 N–H and O–H groups in total. The number of rotatable bonds is 5. The van der Waals surface area contributed by atoms with E-state index < -0.39 is 0 Å². The monoisotopic (exact) mass is 390 g/mol. The van der Waals surface area contributed by atoms with Gasteiger partial charge in [0.1, 0.15) is 0 Å². The van der Waals surface area contributed by atoms with E-state index in [4.69, 9.17) is 11.6 Å². The number of carbonyl (C=O) groups is 1. The van der Waals surface area contributed by atoms with Crippen LogP contribution in [0, 0.1) is 3.57 Å². The Morgan fingerprint density at radius 2 is 2.32 bits per heavy atom. The van der Waals surface area contributed by atoms with Gasteiger partial charge in [-0.25, -0.2) is 0 Å². The molecule has 0 spiro atoms. The summed E-state index contributed by atoms with van der Waals surface area (Å²) in [4.78, 5) is 11.9. The zero-order valence-electron chi connectivity index (χ0n) is 10.0. The lowest BCUT2D eigenvalue weighted by atomic mass is 10.2. The van der Waals surface area contributed by atoms with Crippen molar-refractivity contribution in [1.82, 2.24) is 20.3 Å². The van der Waals surface area contributed by atoms with E-state index in [-0.39, 0.29) is 5.91 Å². The number of nitrogens with one attached hydrogen (secondary N) is 1. The minimum absolute atomic E-state index is 0.114. The van der Waals surface area contributed by atoms with Gasteiger partial charge in [-0.3, -0.25) is 9.48 Å². The number of aryl methyl sites for hydroxylation is 1. The smallest absolute Gasteiger partial charge is 0.251 e. The number of benzene rings is 1. The first kappa shape index (κ1) is 14.3. The van der Waals surface area contributed by atoms with Crippen LogP contribution >= 0.6 is 34.2 Å². The molecule has 5 nitrogen and oxygen atoms in total. The van der Waals surface area contributed by atoms with Gasteiger partial charge in [0.25, 0.3) is 5.91 Å². The Hall–Kier alpha value is -1.15. The molecule has 0 fully saturated rings. The molecule has 2 rings (SSSR count). The lowest BCUT2D eigenvalue weighted by Crippen LogP contribution is -2.25. The Morgan fingerprint density at radius 1 is 1.47 bits per heavy atom. The van der Waals surface area contributed by atoms with Crippen LogP contribution in [0.5, 0.6) is 0 Å². The number of aromatic nitrogens is 3. The normalized spacial score (nSPS) is 10.4. The molecule has 1 aromatic heterocycles. The maximum Gasteiger partial charge on any atom is 0.251 e. The van der Waals surface area contributed by atoms with Gasteiger partial charge < -0.3 is 5.32 Å². The van der Waals surface area contributed by atoms with Crippen LogP contribution in [0.15, 0.2) is 30.6 Å². The molecular weight excluding hydrogens is 379 g/mol. The predicted octanol–water partition coefficient (Wildman–Crippen LogP) is 2.36. The summed E-state index contributed by atoms with van der Waals surface area (Å²) in [5.41, 5.74) is 0.575. The Balaban J connectivity index is 1.79. The molecule has 0 aliphatic carbocycles. The van der Waals surface area contributed by atoms with Crippen LogP contribution in [0.4, 0.5) is 0 Å². The summed E-state index contributed by atoms with van der Waals surface area (Å²) < 4.78 is 2.66. The molecule has 0 aliphatic heterocycles. The third kappa shape index (κ3) is 4.17. The standard InChI is InChI=1S/C12H12ClIN4O/c13-10-8-9(2-3-11(10)14)12(19)15-4-1-6-18-7-5-16-17-18/h2-3,5,7-8H,1,4,6H2,(H,15,19). The Bertz CT molecular complexity index is 559. The van der Waals surface area contributed by atoms with Crippen LogP contribution in [0.3, 0.4) is 0 Å². The molecule has 19 heavy (non-hydrogen) atoms. The number of hydrogen-bond donors (Lipinski definition) is 1. The largest absolute Gasteiger partial charge is 0.352 e. The van der Waals surface area contributed by atoms with E-state index in [0.717, 1.165) is 16.5 Å². The van der Waals surface area contributed by atoms with Crippen molar-refractivity contribution in [1.29, 1.82) is 0 Å². The van der Waals surface area contributed by atoms with Crippen LogP contribution in [0.2, 0.25) is 5.02 Å². The number of hydrogen-bond acceptors (Lipinski definition) is 3. The summed E-state index contributed by atoms with van der Waals surface area (Å²) in [6.45, 7) is 1.32. The van der Waals surface area contributed by atoms with Crippen molar-refractivity contribution in [3.63, 3.8) is 0 Å². The molecule has 0 aliphatic rings. The van der Waals surface area contributed by atoms with Crippen molar-refractivity contribution >= 4 is 40.1 Å². The highest BCUT2D eigenvalue weighted by Crippen LogP contribution is 2.19. The fourth-order valence-corrected chi connectivity index (χ4v) is 2.05. The van der Waals surface area contributed by atoms with Gasteiger partial charge in [0.05, 0.1) is 11.2 Å². The van der Waals surface area contributed by atoms with Crippen molar-refractivity contribution in [2.24, 2.45) is 0 Å². The Morgan fingerprint density at radius 3 is 3.00 bits per heavy atom. The SMILES string of the molecule is O=C(NCCCn1ccnn1)c1ccc(I)c(Cl)c1. The minimum Gasteiger partial charge on any atom is -0.352 e.